The first-order valence-corrected chi connectivity index (χ1v) is 5.06. The van der Waals surface area contributed by atoms with Crippen molar-refractivity contribution in [2.45, 2.75) is 5.92 Å². The van der Waals surface area contributed by atoms with E-state index in [-0.39, 0.29) is 5.92 Å². The predicted molar refractivity (Wildman–Crippen MR) is 64.0 cm³/mol. The Balaban J connectivity index is 3.05. The summed E-state index contributed by atoms with van der Waals surface area (Å²) >= 11 is 2.24. The van der Waals surface area contributed by atoms with E-state index in [0.717, 1.165) is 14.9 Å². The number of ether oxygens (including phenoxy) is 1. The first-order chi connectivity index (χ1) is 6.19. The molecule has 0 aliphatic carbocycles. The molecule has 1 radical (unpaired) electrons. The average Bonchev–Trinajstić information content (AvgIpc) is 2.17. The minimum atomic E-state index is 0.130. The van der Waals surface area contributed by atoms with Gasteiger partial charge in [0.15, 0.2) is 0 Å². The second-order valence-electron chi connectivity index (χ2n) is 2.74. The molecule has 1 nitrogen and oxygen atoms in total. The highest BCUT2D eigenvalue weighted by molar-refractivity contribution is 14.1. The molecule has 0 aliphatic heterocycles. The van der Waals surface area contributed by atoms with Gasteiger partial charge in [0.05, 0.1) is 10.7 Å². The van der Waals surface area contributed by atoms with Crippen molar-refractivity contribution >= 4 is 22.6 Å². The molecular formula is C11H12IO. The summed E-state index contributed by atoms with van der Waals surface area (Å²) in [6.45, 7) is 7.67. The molecule has 0 N–H and O–H groups in total. The molecular weight excluding hydrogens is 275 g/mol. The number of benzene rings is 1. The number of hydrogen-bond donors (Lipinski definition) is 0. The molecule has 0 amide bonds. The molecule has 69 valence electrons. The Hall–Kier alpha value is -0.510. The molecule has 1 aromatic carbocycles. The van der Waals surface area contributed by atoms with Crippen LogP contribution < -0.4 is 4.74 Å². The van der Waals surface area contributed by atoms with Crippen LogP contribution in [-0.2, 0) is 0 Å². The maximum Gasteiger partial charge on any atom is 0.132 e. The molecule has 0 saturated carbocycles. The van der Waals surface area contributed by atoms with Gasteiger partial charge in [0.2, 0.25) is 0 Å². The highest BCUT2D eigenvalue weighted by Gasteiger charge is 2.04. The van der Waals surface area contributed by atoms with Crippen LogP contribution in [0.5, 0.6) is 5.75 Å². The van der Waals surface area contributed by atoms with E-state index in [4.69, 9.17) is 4.74 Å². The molecule has 0 aliphatic rings. The van der Waals surface area contributed by atoms with Crippen molar-refractivity contribution in [3.63, 3.8) is 0 Å². The number of rotatable bonds is 3. The smallest absolute Gasteiger partial charge is 0.132 e. The van der Waals surface area contributed by atoms with Crippen LogP contribution in [0.25, 0.3) is 0 Å². The van der Waals surface area contributed by atoms with Gasteiger partial charge in [0.25, 0.3) is 0 Å². The van der Waals surface area contributed by atoms with Crippen LogP contribution in [0.4, 0.5) is 0 Å². The van der Waals surface area contributed by atoms with Gasteiger partial charge in [0.1, 0.15) is 5.75 Å². The van der Waals surface area contributed by atoms with Crippen molar-refractivity contribution in [3.8, 4) is 5.75 Å². The average molecular weight is 287 g/mol. The minimum absolute atomic E-state index is 0.130. The van der Waals surface area contributed by atoms with Crippen molar-refractivity contribution in [2.24, 2.45) is 0 Å². The maximum absolute atomic E-state index is 5.21. The Kier molecular flexibility index (Phi) is 3.78. The summed E-state index contributed by atoms with van der Waals surface area (Å²) in [5, 5.41) is 0. The Morgan fingerprint density at radius 2 is 2.23 bits per heavy atom. The number of halogens is 1. The summed E-state index contributed by atoms with van der Waals surface area (Å²) in [7, 11) is 1.67. The van der Waals surface area contributed by atoms with E-state index >= 15 is 0 Å². The third-order valence-corrected chi connectivity index (χ3v) is 2.78. The number of hydrogen-bond acceptors (Lipinski definition) is 1. The van der Waals surface area contributed by atoms with Crippen molar-refractivity contribution in [3.05, 3.63) is 46.9 Å². The summed E-state index contributed by atoms with van der Waals surface area (Å²) in [6.07, 6.45) is 1.82. The van der Waals surface area contributed by atoms with Gasteiger partial charge in [-0.15, -0.1) is 6.58 Å². The van der Waals surface area contributed by atoms with Gasteiger partial charge in [-0.3, -0.25) is 0 Å². The highest BCUT2D eigenvalue weighted by atomic mass is 127. The van der Waals surface area contributed by atoms with Crippen molar-refractivity contribution in [1.29, 1.82) is 0 Å². The fraction of sp³-hybridized carbons (Fsp3) is 0.182. The van der Waals surface area contributed by atoms with Crippen LogP contribution in [0.15, 0.2) is 30.9 Å². The summed E-state index contributed by atoms with van der Waals surface area (Å²) in [6, 6.07) is 6.07. The molecule has 0 fully saturated rings. The van der Waals surface area contributed by atoms with Crippen molar-refractivity contribution < 1.29 is 4.74 Å². The third-order valence-electron chi connectivity index (χ3n) is 1.89. The number of methoxy groups -OCH3 is 1. The van der Waals surface area contributed by atoms with E-state index in [1.54, 1.807) is 7.11 Å². The lowest BCUT2D eigenvalue weighted by Crippen LogP contribution is -1.92. The van der Waals surface area contributed by atoms with Gasteiger partial charge < -0.3 is 4.74 Å². The van der Waals surface area contributed by atoms with Gasteiger partial charge in [-0.05, 0) is 47.2 Å². The first kappa shape index (κ1) is 10.6. The lowest BCUT2D eigenvalue weighted by Gasteiger charge is -2.09. The van der Waals surface area contributed by atoms with Crippen LogP contribution in [0.3, 0.4) is 0 Å². The normalized spacial score (nSPS) is 12.2. The van der Waals surface area contributed by atoms with E-state index in [1.807, 2.05) is 24.3 Å². The fourth-order valence-corrected chi connectivity index (χ4v) is 1.60. The molecule has 0 spiro atoms. The molecule has 0 bridgehead atoms. The van der Waals surface area contributed by atoms with E-state index in [9.17, 15) is 0 Å². The Morgan fingerprint density at radius 3 is 2.77 bits per heavy atom. The second-order valence-corrected chi connectivity index (χ2v) is 3.90. The van der Waals surface area contributed by atoms with Crippen molar-refractivity contribution in [1.82, 2.24) is 0 Å². The van der Waals surface area contributed by atoms with Gasteiger partial charge >= 0.3 is 0 Å². The van der Waals surface area contributed by atoms with Gasteiger partial charge in [-0.25, -0.2) is 0 Å². The Morgan fingerprint density at radius 1 is 1.54 bits per heavy atom. The second kappa shape index (κ2) is 4.65. The molecule has 1 rings (SSSR count). The molecule has 1 aromatic rings. The van der Waals surface area contributed by atoms with Gasteiger partial charge in [-0.1, -0.05) is 12.1 Å². The zero-order valence-electron chi connectivity index (χ0n) is 7.59. The van der Waals surface area contributed by atoms with Crippen LogP contribution in [0, 0.1) is 10.5 Å². The van der Waals surface area contributed by atoms with Crippen LogP contribution in [0.2, 0.25) is 0 Å². The summed E-state index contributed by atoms with van der Waals surface area (Å²) in [5.41, 5.74) is 1.13. The topological polar surface area (TPSA) is 9.23 Å². The van der Waals surface area contributed by atoms with E-state index in [2.05, 4.69) is 36.1 Å². The predicted octanol–water partition coefficient (Wildman–Crippen LogP) is 3.40. The highest BCUT2D eigenvalue weighted by Crippen LogP contribution is 2.25. The summed E-state index contributed by atoms with van der Waals surface area (Å²) in [5.74, 6) is 1.03. The molecule has 1 atom stereocenters. The molecule has 0 aromatic heterocycles. The molecule has 2 heteroatoms. The van der Waals surface area contributed by atoms with Gasteiger partial charge in [-0.2, -0.15) is 0 Å². The standard InChI is InChI=1S/C11H12IO/c1-4-8(2)9-5-6-10(12)11(7-9)13-3/h4-8H,1-2H2,3H3. The van der Waals surface area contributed by atoms with Gasteiger partial charge in [0, 0.05) is 5.92 Å². The quantitative estimate of drug-likeness (QED) is 0.611. The molecule has 0 saturated heterocycles. The zero-order valence-corrected chi connectivity index (χ0v) is 9.74. The SMILES string of the molecule is [CH2]C(C=C)c1ccc(I)c(OC)c1. The van der Waals surface area contributed by atoms with E-state index in [1.165, 1.54) is 0 Å². The Bertz CT molecular complexity index is 307. The summed E-state index contributed by atoms with van der Waals surface area (Å²) in [4.78, 5) is 0. The molecule has 1 unspecified atom stereocenters. The van der Waals surface area contributed by atoms with Crippen LogP contribution in [0.1, 0.15) is 11.5 Å². The van der Waals surface area contributed by atoms with E-state index < -0.39 is 0 Å². The molecule has 0 heterocycles. The van der Waals surface area contributed by atoms with Crippen LogP contribution >= 0.6 is 22.6 Å². The summed E-state index contributed by atoms with van der Waals surface area (Å²) < 4.78 is 6.32. The van der Waals surface area contributed by atoms with E-state index in [0.29, 0.717) is 0 Å². The number of allylic oxidation sites excluding steroid dienone is 1. The zero-order chi connectivity index (χ0) is 9.84. The monoisotopic (exact) mass is 287 g/mol. The fourth-order valence-electron chi connectivity index (χ4n) is 1.04. The first-order valence-electron chi connectivity index (χ1n) is 3.98. The Labute approximate surface area is 92.9 Å². The lowest BCUT2D eigenvalue weighted by molar-refractivity contribution is 0.411. The van der Waals surface area contributed by atoms with Crippen LogP contribution in [-0.4, -0.2) is 7.11 Å². The van der Waals surface area contributed by atoms with Crippen molar-refractivity contribution in [2.75, 3.05) is 7.11 Å². The third kappa shape index (κ3) is 2.46. The maximum atomic E-state index is 5.21. The molecule has 13 heavy (non-hydrogen) atoms. The largest absolute Gasteiger partial charge is 0.496 e. The lowest BCUT2D eigenvalue weighted by atomic mass is 10.0. The minimum Gasteiger partial charge on any atom is -0.496 e.